The molecule has 2 nitrogen and oxygen atoms in total. The number of nitriles is 1. The molecule has 70 valence electrons. The molecule has 0 radical (unpaired) electrons. The van der Waals surface area contributed by atoms with E-state index in [4.69, 9.17) is 5.26 Å². The van der Waals surface area contributed by atoms with E-state index >= 15 is 0 Å². The standard InChI is InChI=1S/C10H7FN2S/c1-13-8(6-12)10(11)7-4-2-3-5-9(7)14-13/h2-5H,1H3. The van der Waals surface area contributed by atoms with Crippen molar-refractivity contribution >= 4 is 17.8 Å². The largest absolute Gasteiger partial charge is 0.304 e. The van der Waals surface area contributed by atoms with Gasteiger partial charge in [-0.25, -0.2) is 4.39 Å². The first-order valence-corrected chi connectivity index (χ1v) is 4.82. The Labute approximate surface area is 85.8 Å². The van der Waals surface area contributed by atoms with Gasteiger partial charge in [-0.2, -0.15) is 5.26 Å². The van der Waals surface area contributed by atoms with Gasteiger partial charge in [-0.1, -0.05) is 18.2 Å². The van der Waals surface area contributed by atoms with E-state index in [0.29, 0.717) is 5.56 Å². The summed E-state index contributed by atoms with van der Waals surface area (Å²) in [5.41, 5.74) is 0.584. The molecular weight excluding hydrogens is 199 g/mol. The minimum atomic E-state index is -0.440. The van der Waals surface area contributed by atoms with Crippen LogP contribution < -0.4 is 0 Å². The lowest BCUT2D eigenvalue weighted by Gasteiger charge is -2.23. The lowest BCUT2D eigenvalue weighted by molar-refractivity contribution is 0.664. The summed E-state index contributed by atoms with van der Waals surface area (Å²) in [6, 6.07) is 8.99. The molecule has 1 heterocycles. The molecule has 0 fully saturated rings. The highest BCUT2D eigenvalue weighted by atomic mass is 32.2. The van der Waals surface area contributed by atoms with Crippen LogP contribution in [-0.4, -0.2) is 11.4 Å². The van der Waals surface area contributed by atoms with Gasteiger partial charge in [-0.15, -0.1) is 0 Å². The van der Waals surface area contributed by atoms with E-state index < -0.39 is 5.83 Å². The maximum Gasteiger partial charge on any atom is 0.166 e. The van der Waals surface area contributed by atoms with Crippen LogP contribution in [0.3, 0.4) is 0 Å². The Bertz CT molecular complexity index is 448. The zero-order chi connectivity index (χ0) is 10.1. The number of halogens is 1. The lowest BCUT2D eigenvalue weighted by Crippen LogP contribution is -2.13. The minimum Gasteiger partial charge on any atom is -0.304 e. The van der Waals surface area contributed by atoms with Crippen LogP contribution in [0.5, 0.6) is 0 Å². The van der Waals surface area contributed by atoms with Crippen molar-refractivity contribution in [3.8, 4) is 6.07 Å². The third kappa shape index (κ3) is 1.26. The van der Waals surface area contributed by atoms with Crippen LogP contribution in [0, 0.1) is 11.3 Å². The lowest BCUT2D eigenvalue weighted by atomic mass is 10.1. The van der Waals surface area contributed by atoms with Crippen LogP contribution in [0.4, 0.5) is 4.39 Å². The SMILES string of the molecule is CN1Sc2ccccc2C(F)=C1C#N. The van der Waals surface area contributed by atoms with Gasteiger partial charge in [-0.05, 0) is 18.0 Å². The zero-order valence-electron chi connectivity index (χ0n) is 7.49. The molecule has 1 aliphatic heterocycles. The van der Waals surface area contributed by atoms with Gasteiger partial charge in [0.15, 0.2) is 11.5 Å². The fraction of sp³-hybridized carbons (Fsp3) is 0.100. The third-order valence-electron chi connectivity index (χ3n) is 1.99. The van der Waals surface area contributed by atoms with Crippen LogP contribution >= 0.6 is 11.9 Å². The first kappa shape index (κ1) is 9.10. The van der Waals surface area contributed by atoms with Crippen LogP contribution in [0.2, 0.25) is 0 Å². The smallest absolute Gasteiger partial charge is 0.166 e. The topological polar surface area (TPSA) is 27.0 Å². The molecule has 0 atom stereocenters. The summed E-state index contributed by atoms with van der Waals surface area (Å²) in [6.45, 7) is 0. The highest BCUT2D eigenvalue weighted by Crippen LogP contribution is 2.39. The molecule has 1 aromatic carbocycles. The number of fused-ring (bicyclic) bond motifs is 1. The number of hydrogen-bond donors (Lipinski definition) is 0. The van der Waals surface area contributed by atoms with Crippen molar-refractivity contribution in [3.63, 3.8) is 0 Å². The average Bonchev–Trinajstić information content (AvgIpc) is 2.18. The maximum absolute atomic E-state index is 13.7. The Morgan fingerprint density at radius 2 is 2.14 bits per heavy atom. The molecule has 0 aromatic heterocycles. The average molecular weight is 206 g/mol. The molecule has 0 saturated carbocycles. The van der Waals surface area contributed by atoms with Crippen molar-refractivity contribution < 1.29 is 4.39 Å². The molecule has 0 amide bonds. The maximum atomic E-state index is 13.7. The van der Waals surface area contributed by atoms with Gasteiger partial charge < -0.3 is 4.31 Å². The Morgan fingerprint density at radius 1 is 1.43 bits per heavy atom. The minimum absolute atomic E-state index is 0.0775. The summed E-state index contributed by atoms with van der Waals surface area (Å²) in [4.78, 5) is 0.839. The summed E-state index contributed by atoms with van der Waals surface area (Å²) < 4.78 is 15.2. The van der Waals surface area contributed by atoms with E-state index in [2.05, 4.69) is 0 Å². The Kier molecular flexibility index (Phi) is 2.18. The quantitative estimate of drug-likeness (QED) is 0.611. The van der Waals surface area contributed by atoms with Crippen LogP contribution in [-0.2, 0) is 0 Å². The van der Waals surface area contributed by atoms with Crippen molar-refractivity contribution in [1.29, 1.82) is 5.26 Å². The molecule has 1 aliphatic rings. The normalized spacial score (nSPS) is 15.1. The molecule has 0 bridgehead atoms. The van der Waals surface area contributed by atoms with Crippen molar-refractivity contribution in [1.82, 2.24) is 4.31 Å². The summed E-state index contributed by atoms with van der Waals surface area (Å²) in [7, 11) is 1.68. The predicted molar refractivity (Wildman–Crippen MR) is 53.7 cm³/mol. The second-order valence-electron chi connectivity index (χ2n) is 2.86. The van der Waals surface area contributed by atoms with Gasteiger partial charge in [-0.3, -0.25) is 0 Å². The summed E-state index contributed by atoms with van der Waals surface area (Å²) >= 11 is 1.36. The van der Waals surface area contributed by atoms with E-state index in [1.807, 2.05) is 18.2 Å². The highest BCUT2D eigenvalue weighted by molar-refractivity contribution is 7.97. The molecule has 1 aromatic rings. The van der Waals surface area contributed by atoms with Crippen LogP contribution in [0.25, 0.3) is 5.83 Å². The number of rotatable bonds is 0. The Hall–Kier alpha value is -1.47. The van der Waals surface area contributed by atoms with Crippen molar-refractivity contribution in [3.05, 3.63) is 35.5 Å². The Balaban J connectivity index is 2.63. The molecule has 0 saturated heterocycles. The van der Waals surface area contributed by atoms with Crippen molar-refractivity contribution in [2.75, 3.05) is 7.05 Å². The predicted octanol–water partition coefficient (Wildman–Crippen LogP) is 2.80. The van der Waals surface area contributed by atoms with E-state index in [9.17, 15) is 4.39 Å². The summed E-state index contributed by atoms with van der Waals surface area (Å²) in [5.74, 6) is -0.440. The van der Waals surface area contributed by atoms with Crippen molar-refractivity contribution in [2.24, 2.45) is 0 Å². The van der Waals surface area contributed by atoms with Gasteiger partial charge in [0.2, 0.25) is 0 Å². The van der Waals surface area contributed by atoms with Crippen LogP contribution in [0.15, 0.2) is 34.9 Å². The first-order chi connectivity index (χ1) is 6.74. The third-order valence-corrected chi connectivity index (χ3v) is 3.00. The molecule has 2 rings (SSSR count). The highest BCUT2D eigenvalue weighted by Gasteiger charge is 2.23. The summed E-state index contributed by atoms with van der Waals surface area (Å²) in [5, 5.41) is 8.75. The second kappa shape index (κ2) is 3.35. The van der Waals surface area contributed by atoms with Gasteiger partial charge in [0, 0.05) is 17.5 Å². The zero-order valence-corrected chi connectivity index (χ0v) is 8.31. The first-order valence-electron chi connectivity index (χ1n) is 4.05. The molecule has 0 N–H and O–H groups in total. The van der Waals surface area contributed by atoms with Crippen molar-refractivity contribution in [2.45, 2.75) is 4.90 Å². The molecular formula is C10H7FN2S. The van der Waals surface area contributed by atoms with Crippen LogP contribution in [0.1, 0.15) is 5.56 Å². The number of allylic oxidation sites excluding steroid dienone is 1. The van der Waals surface area contributed by atoms with E-state index in [-0.39, 0.29) is 5.70 Å². The summed E-state index contributed by atoms with van der Waals surface area (Å²) in [6.07, 6.45) is 0. The fourth-order valence-electron chi connectivity index (χ4n) is 1.31. The molecule has 0 spiro atoms. The molecule has 0 unspecified atom stereocenters. The fourth-order valence-corrected chi connectivity index (χ4v) is 2.21. The Morgan fingerprint density at radius 3 is 2.86 bits per heavy atom. The molecule has 14 heavy (non-hydrogen) atoms. The van der Waals surface area contributed by atoms with Gasteiger partial charge >= 0.3 is 0 Å². The number of nitrogens with zero attached hydrogens (tertiary/aromatic N) is 2. The number of hydrogen-bond acceptors (Lipinski definition) is 3. The van der Waals surface area contributed by atoms with Gasteiger partial charge in [0.25, 0.3) is 0 Å². The van der Waals surface area contributed by atoms with Gasteiger partial charge in [0.05, 0.1) is 0 Å². The van der Waals surface area contributed by atoms with E-state index in [1.54, 1.807) is 19.2 Å². The van der Waals surface area contributed by atoms with E-state index in [1.165, 1.54) is 16.3 Å². The molecule has 0 aliphatic carbocycles. The van der Waals surface area contributed by atoms with Gasteiger partial charge in [0.1, 0.15) is 6.07 Å². The van der Waals surface area contributed by atoms with E-state index in [0.717, 1.165) is 4.90 Å². The monoisotopic (exact) mass is 206 g/mol. The number of benzene rings is 1. The second-order valence-corrected chi connectivity index (χ2v) is 4.03. The molecule has 4 heteroatoms.